The Balaban J connectivity index is 3.45. The van der Waals surface area contributed by atoms with E-state index in [4.69, 9.17) is 0 Å². The molecular formula is C4H9MoN+4. The monoisotopic (exact) mass is 169 g/mol. The molecule has 0 aromatic heterocycles. The zero-order valence-corrected chi connectivity index (χ0v) is 6.36. The Morgan fingerprint density at radius 3 is 1.50 bits per heavy atom. The van der Waals surface area contributed by atoms with E-state index in [0.29, 0.717) is 0 Å². The van der Waals surface area contributed by atoms with Crippen LogP contribution in [0.5, 0.6) is 0 Å². The summed E-state index contributed by atoms with van der Waals surface area (Å²) in [6.07, 6.45) is 0. The first-order valence-electron chi connectivity index (χ1n) is 1.91. The molecule has 0 fully saturated rings. The molecule has 0 saturated carbocycles. The van der Waals surface area contributed by atoms with Gasteiger partial charge in [0, 0.05) is 0 Å². The van der Waals surface area contributed by atoms with Crippen molar-refractivity contribution in [1.82, 2.24) is 0 Å². The summed E-state index contributed by atoms with van der Waals surface area (Å²) in [5.41, 5.74) is 0.171. The molecule has 0 bridgehead atoms. The van der Waals surface area contributed by atoms with E-state index in [-0.39, 0.29) is 5.54 Å². The summed E-state index contributed by atoms with van der Waals surface area (Å²) < 4.78 is 4.03. The predicted octanol–water partition coefficient (Wildman–Crippen LogP) is 1.52. The third-order valence-electron chi connectivity index (χ3n) is 0.274. The van der Waals surface area contributed by atoms with Crippen molar-refractivity contribution in [2.75, 3.05) is 0 Å². The van der Waals surface area contributed by atoms with E-state index >= 15 is 0 Å². The Kier molecular flexibility index (Phi) is 2.13. The molecule has 0 N–H and O–H groups in total. The molecule has 0 rings (SSSR count). The number of rotatable bonds is 0. The summed E-state index contributed by atoms with van der Waals surface area (Å²) in [5, 5.41) is 0. The molecule has 0 spiro atoms. The van der Waals surface area contributed by atoms with Gasteiger partial charge in [-0.2, -0.15) is 0 Å². The van der Waals surface area contributed by atoms with E-state index in [9.17, 15) is 0 Å². The van der Waals surface area contributed by atoms with Crippen molar-refractivity contribution < 1.29 is 19.6 Å². The van der Waals surface area contributed by atoms with Gasteiger partial charge in [-0.1, -0.05) is 0 Å². The zero-order valence-electron chi connectivity index (χ0n) is 4.36. The fraction of sp³-hybridized carbons (Fsp3) is 1.00. The molecule has 0 amide bonds. The molecule has 0 unspecified atom stereocenters. The van der Waals surface area contributed by atoms with E-state index in [1.807, 2.05) is 0 Å². The van der Waals surface area contributed by atoms with Gasteiger partial charge in [0.05, 0.1) is 0 Å². The Hall–Kier alpha value is 0.488. The molecule has 0 heterocycles. The third-order valence-corrected chi connectivity index (χ3v) is 1.62. The standard InChI is InChI=1S/C4H9N.Mo/c1-4(2,3)5;/h1-3H3;/q;+4. The van der Waals surface area contributed by atoms with Crippen LogP contribution >= 0.6 is 0 Å². The van der Waals surface area contributed by atoms with Gasteiger partial charge in [0.2, 0.25) is 0 Å². The summed E-state index contributed by atoms with van der Waals surface area (Å²) in [7, 11) is 0. The van der Waals surface area contributed by atoms with Gasteiger partial charge in [0.15, 0.2) is 0 Å². The van der Waals surface area contributed by atoms with Crippen LogP contribution in [0, 0.1) is 0 Å². The van der Waals surface area contributed by atoms with E-state index in [0.717, 1.165) is 0 Å². The Morgan fingerprint density at radius 1 is 1.33 bits per heavy atom. The van der Waals surface area contributed by atoms with Crippen LogP contribution in [0.2, 0.25) is 0 Å². The van der Waals surface area contributed by atoms with Crippen molar-refractivity contribution in [1.29, 1.82) is 0 Å². The topological polar surface area (TPSA) is 12.4 Å². The summed E-state index contributed by atoms with van der Waals surface area (Å²) in [5.74, 6) is 0. The molecule has 0 aromatic carbocycles. The van der Waals surface area contributed by atoms with Crippen LogP contribution in [0.15, 0.2) is 3.50 Å². The van der Waals surface area contributed by atoms with Gasteiger partial charge in [-0.25, -0.2) is 0 Å². The van der Waals surface area contributed by atoms with E-state index in [1.165, 1.54) is 0 Å². The Labute approximate surface area is 49.9 Å². The second-order valence-corrected chi connectivity index (χ2v) is 2.71. The SMILES string of the molecule is CC(C)(C)[N]=[Mo+4]. The molecule has 0 atom stereocenters. The van der Waals surface area contributed by atoms with Crippen LogP contribution in [-0.2, 0) is 19.6 Å². The van der Waals surface area contributed by atoms with Crippen LogP contribution in [0.3, 0.4) is 0 Å². The van der Waals surface area contributed by atoms with E-state index in [2.05, 4.69) is 24.3 Å². The number of hydrogen-bond acceptors (Lipinski definition) is 1. The molecule has 0 aliphatic carbocycles. The first-order chi connectivity index (χ1) is 2.56. The zero-order chi connectivity index (χ0) is 5.21. The molecule has 6 heavy (non-hydrogen) atoms. The average molecular weight is 167 g/mol. The summed E-state index contributed by atoms with van der Waals surface area (Å²) in [6.45, 7) is 6.24. The second-order valence-electron chi connectivity index (χ2n) is 2.26. The van der Waals surface area contributed by atoms with Gasteiger partial charge in [0.25, 0.3) is 0 Å². The van der Waals surface area contributed by atoms with E-state index in [1.54, 1.807) is 19.6 Å². The van der Waals surface area contributed by atoms with Crippen LogP contribution < -0.4 is 0 Å². The minimum atomic E-state index is 0.171. The van der Waals surface area contributed by atoms with Crippen molar-refractivity contribution in [2.45, 2.75) is 26.3 Å². The number of hydrogen-bond donors (Lipinski definition) is 0. The molecule has 1 nitrogen and oxygen atoms in total. The quantitative estimate of drug-likeness (QED) is 0.485. The van der Waals surface area contributed by atoms with Crippen molar-refractivity contribution in [2.24, 2.45) is 3.50 Å². The van der Waals surface area contributed by atoms with Gasteiger partial charge < -0.3 is 0 Å². The fourth-order valence-electron chi connectivity index (χ4n) is 0. The van der Waals surface area contributed by atoms with Gasteiger partial charge in [-0.05, 0) is 0 Å². The normalized spacial score (nSPS) is 11.5. The summed E-state index contributed by atoms with van der Waals surface area (Å²) in [4.78, 5) is 0. The Morgan fingerprint density at radius 2 is 1.50 bits per heavy atom. The van der Waals surface area contributed by atoms with Crippen molar-refractivity contribution >= 4 is 0 Å². The molecule has 32 valence electrons. The average Bonchev–Trinajstić information content (AvgIpc) is 1.35. The van der Waals surface area contributed by atoms with Gasteiger partial charge in [-0.15, -0.1) is 0 Å². The minimum absolute atomic E-state index is 0.171. The van der Waals surface area contributed by atoms with Crippen LogP contribution in [0.4, 0.5) is 0 Å². The fourth-order valence-corrected chi connectivity index (χ4v) is 0. The van der Waals surface area contributed by atoms with E-state index < -0.39 is 0 Å². The van der Waals surface area contributed by atoms with Gasteiger partial charge in [-0.3, -0.25) is 0 Å². The maximum atomic E-state index is 4.03. The van der Waals surface area contributed by atoms with Crippen LogP contribution in [0.1, 0.15) is 20.8 Å². The van der Waals surface area contributed by atoms with Gasteiger partial charge in [0.1, 0.15) is 0 Å². The van der Waals surface area contributed by atoms with Crippen molar-refractivity contribution in [3.05, 3.63) is 0 Å². The molecule has 0 aliphatic heterocycles. The van der Waals surface area contributed by atoms with Crippen molar-refractivity contribution in [3.8, 4) is 0 Å². The van der Waals surface area contributed by atoms with Crippen molar-refractivity contribution in [3.63, 3.8) is 0 Å². The third kappa shape index (κ3) is 4.49. The molecule has 2 heteroatoms. The first-order valence-corrected chi connectivity index (χ1v) is 2.80. The molecule has 0 radical (unpaired) electrons. The molecule has 0 aromatic rings. The van der Waals surface area contributed by atoms with Crippen LogP contribution in [0.25, 0.3) is 0 Å². The molecular weight excluding hydrogens is 158 g/mol. The Bertz CT molecular complexity index is 53.1. The summed E-state index contributed by atoms with van der Waals surface area (Å²) in [6, 6.07) is 0. The molecule has 0 aliphatic rings. The predicted molar refractivity (Wildman–Crippen MR) is 22.2 cm³/mol. The first kappa shape index (κ1) is 6.49. The number of nitrogens with zero attached hydrogens (tertiary/aromatic N) is 1. The second kappa shape index (κ2) is 1.97. The van der Waals surface area contributed by atoms with Crippen LogP contribution in [-0.4, -0.2) is 5.54 Å². The summed E-state index contributed by atoms with van der Waals surface area (Å²) >= 11 is 1.77. The molecule has 0 saturated heterocycles. The van der Waals surface area contributed by atoms with Gasteiger partial charge >= 0.3 is 49.4 Å². The maximum absolute atomic E-state index is 4.03.